The lowest BCUT2D eigenvalue weighted by Crippen LogP contribution is -2.00. The minimum Gasteiger partial charge on any atom is -0.330 e. The largest absolute Gasteiger partial charge is 0.330 e. The Labute approximate surface area is 74.1 Å². The first kappa shape index (κ1) is 9.40. The molecule has 1 heterocycles. The summed E-state index contributed by atoms with van der Waals surface area (Å²) >= 11 is 2.17. The van der Waals surface area contributed by atoms with Crippen LogP contribution in [0.2, 0.25) is 0 Å². The van der Waals surface area contributed by atoms with Crippen molar-refractivity contribution in [3.63, 3.8) is 0 Å². The first-order chi connectivity index (χ1) is 5.43. The minimum absolute atomic E-state index is 0.873. The van der Waals surface area contributed by atoms with Gasteiger partial charge in [0.05, 0.1) is 0 Å². The summed E-state index contributed by atoms with van der Waals surface area (Å²) in [5, 5.41) is 0.993. The van der Waals surface area contributed by atoms with E-state index in [0.717, 1.165) is 11.8 Å². The third-order valence-electron chi connectivity index (χ3n) is 2.25. The molecule has 0 bridgehead atoms. The summed E-state index contributed by atoms with van der Waals surface area (Å²) in [4.78, 5) is 0. The molecule has 0 unspecified atom stereocenters. The molecule has 1 saturated heterocycles. The van der Waals surface area contributed by atoms with Gasteiger partial charge in [-0.2, -0.15) is 11.8 Å². The molecule has 66 valence electrons. The van der Waals surface area contributed by atoms with Gasteiger partial charge in [0.2, 0.25) is 0 Å². The van der Waals surface area contributed by atoms with Crippen molar-refractivity contribution in [2.75, 3.05) is 12.3 Å². The van der Waals surface area contributed by atoms with Crippen molar-refractivity contribution in [2.45, 2.75) is 43.8 Å². The van der Waals surface area contributed by atoms with Crippen LogP contribution < -0.4 is 5.73 Å². The number of thioether (sulfide) groups is 1. The molecule has 1 nitrogen and oxygen atoms in total. The van der Waals surface area contributed by atoms with E-state index in [1.165, 1.54) is 44.3 Å². The minimum atomic E-state index is 0.873. The van der Waals surface area contributed by atoms with E-state index in [9.17, 15) is 0 Å². The van der Waals surface area contributed by atoms with Gasteiger partial charge in [-0.05, 0) is 38.0 Å². The summed E-state index contributed by atoms with van der Waals surface area (Å²) < 4.78 is 0. The van der Waals surface area contributed by atoms with Crippen molar-refractivity contribution in [3.05, 3.63) is 0 Å². The second-order valence-electron chi connectivity index (χ2n) is 3.27. The second kappa shape index (κ2) is 5.90. The van der Waals surface area contributed by atoms with Crippen LogP contribution in [0.5, 0.6) is 0 Å². The third kappa shape index (κ3) is 4.02. The molecular weight excluding hydrogens is 154 g/mol. The zero-order chi connectivity index (χ0) is 7.94. The monoisotopic (exact) mass is 173 g/mol. The average Bonchev–Trinajstić information content (AvgIpc) is 2.50. The summed E-state index contributed by atoms with van der Waals surface area (Å²) in [6.07, 6.45) is 8.31. The standard InChI is InChI=1S/C9H19NS/c10-7-3-1-2-5-9-6-4-8-11-9/h9H,1-8,10H2/t9-/m1/s1. The van der Waals surface area contributed by atoms with Crippen LogP contribution in [-0.2, 0) is 0 Å². The maximum Gasteiger partial charge on any atom is 0.00473 e. The smallest absolute Gasteiger partial charge is 0.00473 e. The molecule has 0 aliphatic carbocycles. The Bertz CT molecular complexity index is 89.6. The zero-order valence-electron chi connectivity index (χ0n) is 7.22. The maximum atomic E-state index is 5.42. The van der Waals surface area contributed by atoms with Crippen molar-refractivity contribution >= 4 is 11.8 Å². The lowest BCUT2D eigenvalue weighted by Gasteiger charge is -2.06. The van der Waals surface area contributed by atoms with Crippen molar-refractivity contribution in [3.8, 4) is 0 Å². The molecule has 1 fully saturated rings. The van der Waals surface area contributed by atoms with Crippen LogP contribution in [-0.4, -0.2) is 17.5 Å². The van der Waals surface area contributed by atoms with Gasteiger partial charge < -0.3 is 5.73 Å². The summed E-state index contributed by atoms with van der Waals surface area (Å²) in [5.74, 6) is 1.40. The Morgan fingerprint density at radius 3 is 2.82 bits per heavy atom. The van der Waals surface area contributed by atoms with Crippen LogP contribution in [0.3, 0.4) is 0 Å². The molecular formula is C9H19NS. The van der Waals surface area contributed by atoms with Gasteiger partial charge in [-0.3, -0.25) is 0 Å². The van der Waals surface area contributed by atoms with Crippen molar-refractivity contribution in [2.24, 2.45) is 5.73 Å². The average molecular weight is 173 g/mol. The number of hydrogen-bond donors (Lipinski definition) is 1. The van der Waals surface area contributed by atoms with E-state index in [1.54, 1.807) is 0 Å². The molecule has 0 aromatic heterocycles. The predicted molar refractivity (Wildman–Crippen MR) is 53.0 cm³/mol. The highest BCUT2D eigenvalue weighted by atomic mass is 32.2. The number of hydrogen-bond acceptors (Lipinski definition) is 2. The lowest BCUT2D eigenvalue weighted by atomic mass is 10.1. The fraction of sp³-hybridized carbons (Fsp3) is 1.00. The number of rotatable bonds is 5. The van der Waals surface area contributed by atoms with E-state index >= 15 is 0 Å². The normalized spacial score (nSPS) is 24.3. The summed E-state index contributed by atoms with van der Waals surface area (Å²) in [5.41, 5.74) is 5.42. The van der Waals surface area contributed by atoms with E-state index in [2.05, 4.69) is 11.8 Å². The van der Waals surface area contributed by atoms with Gasteiger partial charge in [-0.15, -0.1) is 0 Å². The molecule has 0 spiro atoms. The number of unbranched alkanes of at least 4 members (excludes halogenated alkanes) is 2. The summed E-state index contributed by atoms with van der Waals surface area (Å²) in [6.45, 7) is 0.873. The van der Waals surface area contributed by atoms with Gasteiger partial charge in [0.15, 0.2) is 0 Å². The molecule has 0 aromatic rings. The van der Waals surface area contributed by atoms with Gasteiger partial charge >= 0.3 is 0 Å². The highest BCUT2D eigenvalue weighted by Crippen LogP contribution is 2.29. The molecule has 1 aliphatic rings. The van der Waals surface area contributed by atoms with E-state index in [4.69, 9.17) is 5.73 Å². The van der Waals surface area contributed by atoms with E-state index in [-0.39, 0.29) is 0 Å². The molecule has 0 saturated carbocycles. The Kier molecular flexibility index (Phi) is 5.04. The summed E-state index contributed by atoms with van der Waals surface area (Å²) in [7, 11) is 0. The molecule has 0 radical (unpaired) electrons. The number of nitrogens with two attached hydrogens (primary N) is 1. The third-order valence-corrected chi connectivity index (χ3v) is 3.72. The molecule has 2 N–H and O–H groups in total. The fourth-order valence-corrected chi connectivity index (χ4v) is 2.90. The topological polar surface area (TPSA) is 26.0 Å². The fourth-order valence-electron chi connectivity index (χ4n) is 1.57. The molecule has 0 amide bonds. The second-order valence-corrected chi connectivity index (χ2v) is 4.68. The first-order valence-electron chi connectivity index (χ1n) is 4.75. The van der Waals surface area contributed by atoms with Crippen LogP contribution in [0, 0.1) is 0 Å². The Morgan fingerprint density at radius 1 is 1.27 bits per heavy atom. The van der Waals surface area contributed by atoms with Crippen LogP contribution in [0.4, 0.5) is 0 Å². The molecule has 1 aliphatic heterocycles. The quantitative estimate of drug-likeness (QED) is 0.646. The Hall–Kier alpha value is 0.310. The first-order valence-corrected chi connectivity index (χ1v) is 5.80. The van der Waals surface area contributed by atoms with Gasteiger partial charge in [0.1, 0.15) is 0 Å². The van der Waals surface area contributed by atoms with Gasteiger partial charge in [0.25, 0.3) is 0 Å². The SMILES string of the molecule is NCCCCC[C@@H]1CCCS1. The van der Waals surface area contributed by atoms with Crippen LogP contribution in [0.15, 0.2) is 0 Å². The lowest BCUT2D eigenvalue weighted by molar-refractivity contribution is 0.617. The highest BCUT2D eigenvalue weighted by molar-refractivity contribution is 8.00. The molecule has 2 heteroatoms. The Morgan fingerprint density at radius 2 is 2.18 bits per heavy atom. The molecule has 1 rings (SSSR count). The summed E-state index contributed by atoms with van der Waals surface area (Å²) in [6, 6.07) is 0. The highest BCUT2D eigenvalue weighted by Gasteiger charge is 2.14. The van der Waals surface area contributed by atoms with Crippen LogP contribution in [0.25, 0.3) is 0 Å². The van der Waals surface area contributed by atoms with Crippen LogP contribution in [0.1, 0.15) is 38.5 Å². The van der Waals surface area contributed by atoms with Crippen LogP contribution >= 0.6 is 11.8 Å². The zero-order valence-corrected chi connectivity index (χ0v) is 8.04. The van der Waals surface area contributed by atoms with Crippen molar-refractivity contribution in [1.29, 1.82) is 0 Å². The molecule has 0 aromatic carbocycles. The van der Waals surface area contributed by atoms with E-state index < -0.39 is 0 Å². The van der Waals surface area contributed by atoms with Crippen molar-refractivity contribution < 1.29 is 0 Å². The van der Waals surface area contributed by atoms with Gasteiger partial charge in [-0.1, -0.05) is 12.8 Å². The van der Waals surface area contributed by atoms with E-state index in [0.29, 0.717) is 0 Å². The maximum absolute atomic E-state index is 5.42. The molecule has 11 heavy (non-hydrogen) atoms. The van der Waals surface area contributed by atoms with Gasteiger partial charge in [0, 0.05) is 5.25 Å². The predicted octanol–water partition coefficient (Wildman–Crippen LogP) is 2.40. The van der Waals surface area contributed by atoms with E-state index in [1.807, 2.05) is 0 Å². The Balaban J connectivity index is 1.86. The molecule has 1 atom stereocenters. The van der Waals surface area contributed by atoms with Gasteiger partial charge in [-0.25, -0.2) is 0 Å². The van der Waals surface area contributed by atoms with Crippen molar-refractivity contribution in [1.82, 2.24) is 0 Å².